The van der Waals surface area contributed by atoms with Crippen LogP contribution in [0.1, 0.15) is 40.5 Å². The second-order valence-electron chi connectivity index (χ2n) is 5.71. The van der Waals surface area contributed by atoms with Gasteiger partial charge in [-0.3, -0.25) is 4.79 Å². The second-order valence-corrected chi connectivity index (χ2v) is 5.71. The molecular weight excluding hydrogens is 192 g/mol. The van der Waals surface area contributed by atoms with E-state index < -0.39 is 0 Å². The van der Waals surface area contributed by atoms with Crippen molar-refractivity contribution in [3.8, 4) is 0 Å². The molecule has 88 valence electrons. The van der Waals surface area contributed by atoms with Crippen molar-refractivity contribution in [1.82, 2.24) is 0 Å². The van der Waals surface area contributed by atoms with E-state index in [0.29, 0.717) is 18.9 Å². The fraction of sp³-hybridized carbons (Fsp3) is 0.917. The Morgan fingerprint density at radius 1 is 1.53 bits per heavy atom. The normalized spacial score (nSPS) is 22.3. The Hall–Kier alpha value is -0.570. The lowest BCUT2D eigenvalue weighted by Crippen LogP contribution is -2.17. The largest absolute Gasteiger partial charge is 0.463 e. The van der Waals surface area contributed by atoms with Gasteiger partial charge >= 0.3 is 5.97 Å². The van der Waals surface area contributed by atoms with Crippen molar-refractivity contribution in [1.29, 1.82) is 0 Å². The minimum absolute atomic E-state index is 0.0951. The molecule has 15 heavy (non-hydrogen) atoms. The van der Waals surface area contributed by atoms with Crippen molar-refractivity contribution in [3.63, 3.8) is 0 Å². The predicted molar refractivity (Wildman–Crippen MR) is 58.6 cm³/mol. The summed E-state index contributed by atoms with van der Waals surface area (Å²) in [4.78, 5) is 11.4. The van der Waals surface area contributed by atoms with Crippen molar-refractivity contribution in [3.05, 3.63) is 0 Å². The zero-order valence-corrected chi connectivity index (χ0v) is 10.2. The smallest absolute Gasteiger partial charge is 0.306 e. The average molecular weight is 214 g/mol. The number of carbonyl (C=O) groups is 1. The summed E-state index contributed by atoms with van der Waals surface area (Å²) < 4.78 is 10.1. The quantitative estimate of drug-likeness (QED) is 0.521. The zero-order chi connectivity index (χ0) is 11.5. The van der Waals surface area contributed by atoms with Crippen LogP contribution in [0.4, 0.5) is 0 Å². The predicted octanol–water partition coefficient (Wildman–Crippen LogP) is 2.39. The molecule has 0 amide bonds. The molecule has 0 aromatic rings. The minimum Gasteiger partial charge on any atom is -0.463 e. The Balaban J connectivity index is 2.12. The van der Waals surface area contributed by atoms with Crippen LogP contribution in [-0.4, -0.2) is 25.3 Å². The number of ether oxygens (including phenoxy) is 2. The first kappa shape index (κ1) is 12.5. The second kappa shape index (κ2) is 4.97. The molecule has 1 fully saturated rings. The summed E-state index contributed by atoms with van der Waals surface area (Å²) >= 11 is 0. The van der Waals surface area contributed by atoms with Gasteiger partial charge in [-0.25, -0.2) is 0 Å². The van der Waals surface area contributed by atoms with Crippen LogP contribution >= 0.6 is 0 Å². The van der Waals surface area contributed by atoms with E-state index in [2.05, 4.69) is 27.7 Å². The van der Waals surface area contributed by atoms with Crippen LogP contribution in [0.15, 0.2) is 0 Å². The molecule has 0 radical (unpaired) electrons. The number of rotatable bonds is 5. The highest BCUT2D eigenvalue weighted by atomic mass is 16.6. The van der Waals surface area contributed by atoms with Gasteiger partial charge in [-0.1, -0.05) is 27.7 Å². The van der Waals surface area contributed by atoms with Crippen LogP contribution in [0.25, 0.3) is 0 Å². The van der Waals surface area contributed by atoms with E-state index in [1.165, 1.54) is 0 Å². The summed E-state index contributed by atoms with van der Waals surface area (Å²) in [6.45, 7) is 9.83. The van der Waals surface area contributed by atoms with E-state index in [1.54, 1.807) is 0 Å². The molecular formula is C12H22O3. The van der Waals surface area contributed by atoms with Crippen molar-refractivity contribution in [2.45, 2.75) is 46.6 Å². The van der Waals surface area contributed by atoms with E-state index in [-0.39, 0.29) is 17.5 Å². The molecule has 0 saturated carbocycles. The van der Waals surface area contributed by atoms with Gasteiger partial charge in [-0.2, -0.15) is 0 Å². The fourth-order valence-corrected chi connectivity index (χ4v) is 1.81. The molecule has 0 bridgehead atoms. The van der Waals surface area contributed by atoms with Gasteiger partial charge in [0.25, 0.3) is 0 Å². The molecule has 0 N–H and O–H groups in total. The van der Waals surface area contributed by atoms with Gasteiger partial charge in [0.2, 0.25) is 0 Å². The van der Waals surface area contributed by atoms with Crippen molar-refractivity contribution >= 4 is 5.97 Å². The third-order valence-electron chi connectivity index (χ3n) is 2.31. The van der Waals surface area contributed by atoms with E-state index in [1.807, 2.05) is 0 Å². The molecule has 1 heterocycles. The summed E-state index contributed by atoms with van der Waals surface area (Å²) in [7, 11) is 0. The maximum atomic E-state index is 11.4. The monoisotopic (exact) mass is 214 g/mol. The van der Waals surface area contributed by atoms with Gasteiger partial charge < -0.3 is 9.47 Å². The standard InChI is InChI=1S/C12H22O3/c1-9(6-12(2,3)4)5-11(13)15-8-10-7-14-10/h9-10H,5-8H2,1-4H3. The Labute approximate surface area is 92.1 Å². The van der Waals surface area contributed by atoms with E-state index in [9.17, 15) is 4.79 Å². The Morgan fingerprint density at radius 2 is 2.13 bits per heavy atom. The molecule has 2 unspecified atom stereocenters. The molecule has 3 heteroatoms. The summed E-state index contributed by atoms with van der Waals surface area (Å²) in [5, 5.41) is 0. The lowest BCUT2D eigenvalue weighted by Gasteiger charge is -2.22. The lowest BCUT2D eigenvalue weighted by molar-refractivity contribution is -0.145. The molecule has 1 aliphatic rings. The maximum Gasteiger partial charge on any atom is 0.306 e. The molecule has 2 atom stereocenters. The molecule has 3 nitrogen and oxygen atoms in total. The average Bonchev–Trinajstić information content (AvgIpc) is 2.79. The van der Waals surface area contributed by atoms with Crippen LogP contribution < -0.4 is 0 Å². The van der Waals surface area contributed by atoms with Crippen LogP contribution in [0.2, 0.25) is 0 Å². The number of epoxide rings is 1. The van der Waals surface area contributed by atoms with Crippen molar-refractivity contribution < 1.29 is 14.3 Å². The molecule has 0 aliphatic carbocycles. The van der Waals surface area contributed by atoms with Crippen LogP contribution in [0, 0.1) is 11.3 Å². The molecule has 0 aromatic carbocycles. The lowest BCUT2D eigenvalue weighted by atomic mass is 9.84. The topological polar surface area (TPSA) is 38.8 Å². The number of carbonyl (C=O) groups excluding carboxylic acids is 1. The van der Waals surface area contributed by atoms with E-state index in [4.69, 9.17) is 9.47 Å². The van der Waals surface area contributed by atoms with Gasteiger partial charge in [0, 0.05) is 6.42 Å². The van der Waals surface area contributed by atoms with E-state index in [0.717, 1.165) is 13.0 Å². The Bertz CT molecular complexity index is 213. The van der Waals surface area contributed by atoms with Crippen LogP contribution in [0.3, 0.4) is 0 Å². The maximum absolute atomic E-state index is 11.4. The van der Waals surface area contributed by atoms with Crippen LogP contribution in [-0.2, 0) is 14.3 Å². The summed E-state index contributed by atoms with van der Waals surface area (Å²) in [6, 6.07) is 0. The summed E-state index contributed by atoms with van der Waals surface area (Å²) in [6.07, 6.45) is 1.73. The Kier molecular flexibility index (Phi) is 4.14. The SMILES string of the molecule is CC(CC(=O)OCC1CO1)CC(C)(C)C. The molecule has 1 saturated heterocycles. The molecule has 0 aromatic heterocycles. The van der Waals surface area contributed by atoms with Crippen molar-refractivity contribution in [2.75, 3.05) is 13.2 Å². The zero-order valence-electron chi connectivity index (χ0n) is 10.2. The number of hydrogen-bond acceptors (Lipinski definition) is 3. The first-order valence-corrected chi connectivity index (χ1v) is 5.64. The first-order valence-electron chi connectivity index (χ1n) is 5.64. The van der Waals surface area contributed by atoms with Gasteiger partial charge in [0.15, 0.2) is 0 Å². The Morgan fingerprint density at radius 3 is 2.60 bits per heavy atom. The summed E-state index contributed by atoms with van der Waals surface area (Å²) in [5.41, 5.74) is 0.277. The highest BCUT2D eigenvalue weighted by molar-refractivity contribution is 5.69. The van der Waals surface area contributed by atoms with Crippen LogP contribution in [0.5, 0.6) is 0 Å². The highest BCUT2D eigenvalue weighted by Crippen LogP contribution is 2.26. The third-order valence-corrected chi connectivity index (χ3v) is 2.31. The third kappa shape index (κ3) is 6.50. The van der Waals surface area contributed by atoms with Gasteiger partial charge in [-0.05, 0) is 17.8 Å². The molecule has 1 aliphatic heterocycles. The van der Waals surface area contributed by atoms with Gasteiger partial charge in [-0.15, -0.1) is 0 Å². The molecule has 0 spiro atoms. The summed E-state index contributed by atoms with van der Waals surface area (Å²) in [5.74, 6) is 0.292. The first-order chi connectivity index (χ1) is 6.87. The fourth-order valence-electron chi connectivity index (χ4n) is 1.81. The molecule has 1 rings (SSSR count). The number of hydrogen-bond donors (Lipinski definition) is 0. The van der Waals surface area contributed by atoms with Crippen molar-refractivity contribution in [2.24, 2.45) is 11.3 Å². The highest BCUT2D eigenvalue weighted by Gasteiger charge is 2.25. The number of esters is 1. The van der Waals surface area contributed by atoms with Gasteiger partial charge in [0.1, 0.15) is 12.7 Å². The van der Waals surface area contributed by atoms with E-state index >= 15 is 0 Å². The minimum atomic E-state index is -0.0951. The van der Waals surface area contributed by atoms with Gasteiger partial charge in [0.05, 0.1) is 6.61 Å².